The monoisotopic (exact) mass is 258 g/mol. The zero-order valence-corrected chi connectivity index (χ0v) is 11.1. The van der Waals surface area contributed by atoms with E-state index in [1.807, 2.05) is 24.3 Å². The molecule has 0 spiro atoms. The van der Waals surface area contributed by atoms with Gasteiger partial charge in [-0.25, -0.2) is 10.8 Å². The number of amides is 1. The minimum Gasteiger partial charge on any atom is -0.352 e. The quantitative estimate of drug-likeness (QED) is 0.578. The first-order valence-corrected chi connectivity index (χ1v) is 6.26. The molecule has 0 aliphatic rings. The third kappa shape index (κ3) is 3.00. The van der Waals surface area contributed by atoms with Crippen LogP contribution in [-0.2, 0) is 0 Å². The van der Waals surface area contributed by atoms with Gasteiger partial charge < -0.3 is 10.7 Å². The molecular weight excluding hydrogens is 240 g/mol. The number of para-hydroxylation sites is 1. The maximum absolute atomic E-state index is 12.2. The molecule has 5 heteroatoms. The number of hydrogen-bond donors (Lipinski definition) is 3. The smallest absolute Gasteiger partial charge is 0.252 e. The average molecular weight is 258 g/mol. The zero-order valence-electron chi connectivity index (χ0n) is 11.1. The summed E-state index contributed by atoms with van der Waals surface area (Å²) in [6, 6.07) is 9.17. The second kappa shape index (κ2) is 5.67. The first kappa shape index (κ1) is 13.3. The predicted molar refractivity (Wildman–Crippen MR) is 76.7 cm³/mol. The summed E-state index contributed by atoms with van der Waals surface area (Å²) in [4.78, 5) is 16.5. The largest absolute Gasteiger partial charge is 0.352 e. The number of nitrogens with one attached hydrogen (secondary N) is 2. The summed E-state index contributed by atoms with van der Waals surface area (Å²) < 4.78 is 0. The van der Waals surface area contributed by atoms with Gasteiger partial charge in [-0.05, 0) is 18.1 Å². The van der Waals surface area contributed by atoms with Gasteiger partial charge in [-0.3, -0.25) is 4.79 Å². The number of nitrogens with zero attached hydrogens (tertiary/aromatic N) is 1. The number of pyridine rings is 1. The number of hydrogen-bond acceptors (Lipinski definition) is 4. The van der Waals surface area contributed by atoms with Crippen molar-refractivity contribution in [1.29, 1.82) is 0 Å². The second-order valence-corrected chi connectivity index (χ2v) is 4.82. The van der Waals surface area contributed by atoms with Crippen LogP contribution in [0.4, 0.5) is 5.82 Å². The van der Waals surface area contributed by atoms with Crippen molar-refractivity contribution < 1.29 is 4.79 Å². The fraction of sp³-hybridized carbons (Fsp3) is 0.286. The molecule has 0 saturated carbocycles. The Morgan fingerprint density at radius 2 is 2.11 bits per heavy atom. The number of rotatable bonds is 4. The summed E-state index contributed by atoms with van der Waals surface area (Å²) in [5.74, 6) is 6.17. The van der Waals surface area contributed by atoms with Crippen LogP contribution in [-0.4, -0.2) is 17.4 Å². The van der Waals surface area contributed by atoms with E-state index >= 15 is 0 Å². The highest BCUT2D eigenvalue weighted by molar-refractivity contribution is 6.06. The summed E-state index contributed by atoms with van der Waals surface area (Å²) in [5, 5.41) is 3.73. The molecule has 0 fully saturated rings. The lowest BCUT2D eigenvalue weighted by molar-refractivity contribution is 0.0950. The Kier molecular flexibility index (Phi) is 3.97. The number of carbonyl (C=O) groups is 1. The van der Waals surface area contributed by atoms with Crippen molar-refractivity contribution in [2.45, 2.75) is 13.8 Å². The van der Waals surface area contributed by atoms with Gasteiger partial charge in [-0.1, -0.05) is 32.0 Å². The van der Waals surface area contributed by atoms with E-state index in [1.165, 1.54) is 0 Å². The van der Waals surface area contributed by atoms with Crippen molar-refractivity contribution in [2.75, 3.05) is 12.0 Å². The minimum absolute atomic E-state index is 0.108. The number of aromatic nitrogens is 1. The number of nitrogen functional groups attached to an aromatic ring is 1. The molecule has 1 amide bonds. The van der Waals surface area contributed by atoms with Gasteiger partial charge in [0.05, 0.1) is 11.1 Å². The number of nitrogens with two attached hydrogens (primary N) is 1. The number of benzene rings is 1. The summed E-state index contributed by atoms with van der Waals surface area (Å²) >= 11 is 0. The summed E-state index contributed by atoms with van der Waals surface area (Å²) in [6.45, 7) is 4.75. The van der Waals surface area contributed by atoms with Crippen LogP contribution >= 0.6 is 0 Å². The van der Waals surface area contributed by atoms with Crippen molar-refractivity contribution in [3.63, 3.8) is 0 Å². The molecule has 0 saturated heterocycles. The van der Waals surface area contributed by atoms with Crippen LogP contribution in [0.25, 0.3) is 10.9 Å². The second-order valence-electron chi connectivity index (χ2n) is 4.82. The highest BCUT2D eigenvalue weighted by Crippen LogP contribution is 2.20. The van der Waals surface area contributed by atoms with E-state index in [4.69, 9.17) is 5.84 Å². The maximum Gasteiger partial charge on any atom is 0.252 e. The summed E-state index contributed by atoms with van der Waals surface area (Å²) in [5.41, 5.74) is 3.81. The molecule has 19 heavy (non-hydrogen) atoms. The first-order chi connectivity index (χ1) is 9.11. The molecule has 1 heterocycles. The molecule has 0 atom stereocenters. The van der Waals surface area contributed by atoms with Crippen molar-refractivity contribution >= 4 is 22.6 Å². The molecule has 0 radical (unpaired) electrons. The Balaban J connectivity index is 2.42. The van der Waals surface area contributed by atoms with E-state index in [0.29, 0.717) is 23.8 Å². The van der Waals surface area contributed by atoms with Crippen molar-refractivity contribution in [3.8, 4) is 0 Å². The van der Waals surface area contributed by atoms with Crippen LogP contribution in [0.5, 0.6) is 0 Å². The number of hydrazine groups is 1. The van der Waals surface area contributed by atoms with Gasteiger partial charge in [0.25, 0.3) is 5.91 Å². The van der Waals surface area contributed by atoms with Crippen molar-refractivity contribution in [1.82, 2.24) is 10.3 Å². The maximum atomic E-state index is 12.2. The van der Waals surface area contributed by atoms with Gasteiger partial charge in [0.15, 0.2) is 0 Å². The molecule has 4 N–H and O–H groups in total. The average Bonchev–Trinajstić information content (AvgIpc) is 2.43. The van der Waals surface area contributed by atoms with Crippen LogP contribution in [0, 0.1) is 5.92 Å². The van der Waals surface area contributed by atoms with Crippen LogP contribution in [0.2, 0.25) is 0 Å². The molecule has 2 aromatic rings. The highest BCUT2D eigenvalue weighted by Gasteiger charge is 2.12. The number of fused-ring (bicyclic) bond motifs is 1. The lowest BCUT2D eigenvalue weighted by Gasteiger charge is -2.11. The van der Waals surface area contributed by atoms with Gasteiger partial charge in [0.2, 0.25) is 0 Å². The third-order valence-electron chi connectivity index (χ3n) is 2.78. The van der Waals surface area contributed by atoms with Gasteiger partial charge in [0.1, 0.15) is 5.82 Å². The Hall–Kier alpha value is -2.14. The number of carbonyl (C=O) groups excluding carboxylic acids is 1. The number of anilines is 1. The molecule has 0 aliphatic heterocycles. The Labute approximate surface area is 112 Å². The molecule has 5 nitrogen and oxygen atoms in total. The van der Waals surface area contributed by atoms with Gasteiger partial charge in [0, 0.05) is 11.9 Å². The van der Waals surface area contributed by atoms with Crippen molar-refractivity contribution in [2.24, 2.45) is 11.8 Å². The van der Waals surface area contributed by atoms with Crippen LogP contribution in [0.15, 0.2) is 30.3 Å². The van der Waals surface area contributed by atoms with Crippen LogP contribution < -0.4 is 16.6 Å². The molecule has 1 aromatic carbocycles. The molecule has 0 unspecified atom stereocenters. The molecule has 0 aliphatic carbocycles. The van der Waals surface area contributed by atoms with E-state index < -0.39 is 0 Å². The lowest BCUT2D eigenvalue weighted by atomic mass is 10.1. The van der Waals surface area contributed by atoms with Gasteiger partial charge in [-0.2, -0.15) is 0 Å². The molecule has 100 valence electrons. The van der Waals surface area contributed by atoms with Crippen LogP contribution in [0.1, 0.15) is 24.2 Å². The standard InChI is InChI=1S/C14H18N4O/c1-9(2)8-16-14(19)11-7-13(18-15)17-12-6-4-3-5-10(11)12/h3-7,9H,8,15H2,1-2H3,(H,16,19)(H,17,18). The summed E-state index contributed by atoms with van der Waals surface area (Å²) in [6.07, 6.45) is 0. The fourth-order valence-corrected chi connectivity index (χ4v) is 1.83. The predicted octanol–water partition coefficient (Wildman–Crippen LogP) is 1.91. The normalized spacial score (nSPS) is 10.7. The Bertz CT molecular complexity index is 595. The van der Waals surface area contributed by atoms with Gasteiger partial charge >= 0.3 is 0 Å². The molecule has 1 aromatic heterocycles. The third-order valence-corrected chi connectivity index (χ3v) is 2.78. The van der Waals surface area contributed by atoms with E-state index in [9.17, 15) is 4.79 Å². The zero-order chi connectivity index (χ0) is 13.8. The fourth-order valence-electron chi connectivity index (χ4n) is 1.83. The topological polar surface area (TPSA) is 80.0 Å². The minimum atomic E-state index is -0.108. The van der Waals surface area contributed by atoms with Crippen molar-refractivity contribution in [3.05, 3.63) is 35.9 Å². The summed E-state index contributed by atoms with van der Waals surface area (Å²) in [7, 11) is 0. The van der Waals surface area contributed by atoms with E-state index in [2.05, 4.69) is 29.6 Å². The molecule has 0 bridgehead atoms. The molecule has 2 rings (SSSR count). The lowest BCUT2D eigenvalue weighted by Crippen LogP contribution is -2.27. The highest BCUT2D eigenvalue weighted by atomic mass is 16.1. The first-order valence-electron chi connectivity index (χ1n) is 6.26. The van der Waals surface area contributed by atoms with Crippen LogP contribution in [0.3, 0.4) is 0 Å². The van der Waals surface area contributed by atoms with E-state index in [0.717, 1.165) is 10.9 Å². The Morgan fingerprint density at radius 1 is 1.37 bits per heavy atom. The Morgan fingerprint density at radius 3 is 2.79 bits per heavy atom. The van der Waals surface area contributed by atoms with Gasteiger partial charge in [-0.15, -0.1) is 0 Å². The van der Waals surface area contributed by atoms with E-state index in [-0.39, 0.29) is 5.91 Å². The SMILES string of the molecule is CC(C)CNC(=O)c1cc(NN)nc2ccccc12. The van der Waals surface area contributed by atoms with E-state index in [1.54, 1.807) is 6.07 Å². The molecular formula is C14H18N4O.